The standard InChI is InChI=1S/C4H9NO.ClH/c5-3-4(6)1-2-4;/h6H,1-3,5H2;1H. The Morgan fingerprint density at radius 3 is 2.00 bits per heavy atom. The highest BCUT2D eigenvalue weighted by Crippen LogP contribution is 2.32. The first-order valence-electron chi connectivity index (χ1n) is 2.19. The fourth-order valence-electron chi connectivity index (χ4n) is 0.348. The van der Waals surface area contributed by atoms with Gasteiger partial charge in [0.15, 0.2) is 0 Å². The Kier molecular flexibility index (Phi) is 2.05. The third kappa shape index (κ3) is 1.63. The minimum atomic E-state index is -0.431. The second-order valence-electron chi connectivity index (χ2n) is 1.93. The molecule has 1 aliphatic carbocycles. The fourth-order valence-corrected chi connectivity index (χ4v) is 0.348. The Hall–Kier alpha value is 0.210. The molecular formula is C4H10ClNO. The van der Waals surface area contributed by atoms with Crippen molar-refractivity contribution in [2.24, 2.45) is 5.73 Å². The number of rotatable bonds is 1. The van der Waals surface area contributed by atoms with Crippen LogP contribution in [0.3, 0.4) is 0 Å². The summed E-state index contributed by atoms with van der Waals surface area (Å²) in [5.41, 5.74) is 4.69. The van der Waals surface area contributed by atoms with Crippen molar-refractivity contribution in [2.45, 2.75) is 18.4 Å². The molecule has 2 nitrogen and oxygen atoms in total. The summed E-state index contributed by atoms with van der Waals surface area (Å²) in [5.74, 6) is 0. The predicted octanol–water partition coefficient (Wildman–Crippen LogP) is -0.108. The van der Waals surface area contributed by atoms with Crippen molar-refractivity contribution in [3.63, 3.8) is 0 Å². The zero-order chi connectivity index (χ0) is 4.62. The van der Waals surface area contributed by atoms with Crippen LogP contribution in [0, 0.1) is 0 Å². The zero-order valence-electron chi connectivity index (χ0n) is 4.05. The molecule has 3 heteroatoms. The third-order valence-corrected chi connectivity index (χ3v) is 1.21. The highest BCUT2D eigenvalue weighted by atomic mass is 35.5. The fraction of sp³-hybridized carbons (Fsp3) is 1.00. The molecule has 1 rings (SSSR count). The summed E-state index contributed by atoms with van der Waals surface area (Å²) < 4.78 is 0. The number of nitrogens with two attached hydrogens (primary N) is 1. The van der Waals surface area contributed by atoms with Crippen LogP contribution in [0.5, 0.6) is 0 Å². The summed E-state index contributed by atoms with van der Waals surface area (Å²) in [6.07, 6.45) is 1.81. The second-order valence-corrected chi connectivity index (χ2v) is 1.93. The Morgan fingerprint density at radius 2 is 2.00 bits per heavy atom. The zero-order valence-corrected chi connectivity index (χ0v) is 4.87. The lowest BCUT2D eigenvalue weighted by Gasteiger charge is -1.96. The molecule has 1 saturated carbocycles. The van der Waals surface area contributed by atoms with Crippen LogP contribution in [0.15, 0.2) is 0 Å². The summed E-state index contributed by atoms with van der Waals surface area (Å²) in [4.78, 5) is 0. The van der Waals surface area contributed by atoms with E-state index >= 15 is 0 Å². The van der Waals surface area contributed by atoms with Gasteiger partial charge in [-0.05, 0) is 12.8 Å². The predicted molar refractivity (Wildman–Crippen MR) is 30.5 cm³/mol. The van der Waals surface area contributed by atoms with Crippen molar-refractivity contribution in [1.82, 2.24) is 0 Å². The van der Waals surface area contributed by atoms with Gasteiger partial charge in [0, 0.05) is 6.54 Å². The molecule has 1 aliphatic rings. The summed E-state index contributed by atoms with van der Waals surface area (Å²) in [7, 11) is 0. The van der Waals surface area contributed by atoms with Gasteiger partial charge in [0.1, 0.15) is 0 Å². The molecule has 0 aromatic heterocycles. The van der Waals surface area contributed by atoms with Crippen LogP contribution >= 0.6 is 12.4 Å². The van der Waals surface area contributed by atoms with E-state index in [0.29, 0.717) is 6.54 Å². The Bertz CT molecular complexity index is 62.7. The molecule has 0 radical (unpaired) electrons. The maximum Gasteiger partial charge on any atom is 0.0771 e. The summed E-state index contributed by atoms with van der Waals surface area (Å²) >= 11 is 0. The summed E-state index contributed by atoms with van der Waals surface area (Å²) in [5, 5.41) is 8.81. The minimum Gasteiger partial charge on any atom is -0.389 e. The third-order valence-electron chi connectivity index (χ3n) is 1.21. The number of hydrogen-bond acceptors (Lipinski definition) is 2. The lowest BCUT2D eigenvalue weighted by atomic mass is 10.4. The maximum atomic E-state index is 8.81. The molecule has 0 aromatic carbocycles. The van der Waals surface area contributed by atoms with Gasteiger partial charge in [-0.25, -0.2) is 0 Å². The van der Waals surface area contributed by atoms with E-state index in [9.17, 15) is 0 Å². The Labute approximate surface area is 49.1 Å². The van der Waals surface area contributed by atoms with Crippen LogP contribution in [0.4, 0.5) is 0 Å². The molecule has 3 N–H and O–H groups in total. The SMILES string of the molecule is Cl.NCC1(O)CC1. The quantitative estimate of drug-likeness (QED) is 0.511. The number of halogens is 1. The van der Waals surface area contributed by atoms with Gasteiger partial charge in [-0.3, -0.25) is 0 Å². The molecule has 0 atom stereocenters. The molecule has 0 saturated heterocycles. The topological polar surface area (TPSA) is 46.2 Å². The monoisotopic (exact) mass is 123 g/mol. The van der Waals surface area contributed by atoms with Crippen molar-refractivity contribution >= 4 is 12.4 Å². The molecule has 0 bridgehead atoms. The van der Waals surface area contributed by atoms with E-state index in [1.54, 1.807) is 0 Å². The molecular weight excluding hydrogens is 114 g/mol. The first-order chi connectivity index (χ1) is 2.77. The van der Waals surface area contributed by atoms with Crippen molar-refractivity contribution in [3.05, 3.63) is 0 Å². The van der Waals surface area contributed by atoms with Crippen LogP contribution in [-0.2, 0) is 0 Å². The molecule has 0 heterocycles. The number of hydrogen-bond donors (Lipinski definition) is 2. The van der Waals surface area contributed by atoms with Gasteiger partial charge in [0.25, 0.3) is 0 Å². The average molecular weight is 124 g/mol. The van der Waals surface area contributed by atoms with E-state index in [-0.39, 0.29) is 12.4 Å². The first-order valence-corrected chi connectivity index (χ1v) is 2.19. The van der Waals surface area contributed by atoms with Gasteiger partial charge < -0.3 is 10.8 Å². The van der Waals surface area contributed by atoms with Crippen LogP contribution in [0.2, 0.25) is 0 Å². The lowest BCUT2D eigenvalue weighted by Crippen LogP contribution is -2.20. The van der Waals surface area contributed by atoms with Crippen LogP contribution in [0.1, 0.15) is 12.8 Å². The molecule has 7 heavy (non-hydrogen) atoms. The van der Waals surface area contributed by atoms with Gasteiger partial charge in [-0.1, -0.05) is 0 Å². The van der Waals surface area contributed by atoms with Crippen LogP contribution in [0.25, 0.3) is 0 Å². The van der Waals surface area contributed by atoms with E-state index in [1.807, 2.05) is 0 Å². The van der Waals surface area contributed by atoms with Crippen LogP contribution < -0.4 is 5.73 Å². The van der Waals surface area contributed by atoms with E-state index in [2.05, 4.69) is 0 Å². The van der Waals surface area contributed by atoms with Gasteiger partial charge in [0.05, 0.1) is 5.60 Å². The average Bonchev–Trinajstić information content (AvgIpc) is 2.22. The van der Waals surface area contributed by atoms with Crippen molar-refractivity contribution in [3.8, 4) is 0 Å². The normalized spacial score (nSPS) is 23.1. The van der Waals surface area contributed by atoms with E-state index in [1.165, 1.54) is 0 Å². The Balaban J connectivity index is 0.000000360. The summed E-state index contributed by atoms with van der Waals surface area (Å²) in [6.45, 7) is 0.438. The molecule has 0 spiro atoms. The van der Waals surface area contributed by atoms with Gasteiger partial charge in [0.2, 0.25) is 0 Å². The molecule has 44 valence electrons. The van der Waals surface area contributed by atoms with Gasteiger partial charge >= 0.3 is 0 Å². The summed E-state index contributed by atoms with van der Waals surface area (Å²) in [6, 6.07) is 0. The highest BCUT2D eigenvalue weighted by Gasteiger charge is 2.38. The Morgan fingerprint density at radius 1 is 1.57 bits per heavy atom. The lowest BCUT2D eigenvalue weighted by molar-refractivity contribution is 0.159. The highest BCUT2D eigenvalue weighted by molar-refractivity contribution is 5.85. The van der Waals surface area contributed by atoms with Crippen molar-refractivity contribution < 1.29 is 5.11 Å². The van der Waals surface area contributed by atoms with Gasteiger partial charge in [-0.2, -0.15) is 0 Å². The second kappa shape index (κ2) is 1.99. The molecule has 0 aromatic rings. The maximum absolute atomic E-state index is 8.81. The molecule has 1 fully saturated rings. The van der Waals surface area contributed by atoms with Crippen molar-refractivity contribution in [2.75, 3.05) is 6.54 Å². The molecule has 0 unspecified atom stereocenters. The molecule has 0 amide bonds. The van der Waals surface area contributed by atoms with E-state index in [0.717, 1.165) is 12.8 Å². The molecule has 0 aliphatic heterocycles. The van der Waals surface area contributed by atoms with Gasteiger partial charge in [-0.15, -0.1) is 12.4 Å². The van der Waals surface area contributed by atoms with E-state index < -0.39 is 5.60 Å². The smallest absolute Gasteiger partial charge is 0.0771 e. The van der Waals surface area contributed by atoms with E-state index in [4.69, 9.17) is 10.8 Å². The first kappa shape index (κ1) is 7.21. The minimum absolute atomic E-state index is 0. The number of aliphatic hydroxyl groups is 1. The largest absolute Gasteiger partial charge is 0.389 e. The van der Waals surface area contributed by atoms with Crippen molar-refractivity contribution in [1.29, 1.82) is 0 Å². The van der Waals surface area contributed by atoms with Crippen LogP contribution in [-0.4, -0.2) is 17.3 Å².